The van der Waals surface area contributed by atoms with Crippen LogP contribution in [0.4, 0.5) is 5.69 Å². The number of nitrogens with one attached hydrogen (secondary N) is 2. The fourth-order valence-corrected chi connectivity index (χ4v) is 1.85. The van der Waals surface area contributed by atoms with Gasteiger partial charge in [-0.1, -0.05) is 6.07 Å². The van der Waals surface area contributed by atoms with Crippen LogP contribution in [0, 0.1) is 11.3 Å². The molecule has 1 aliphatic heterocycles. The van der Waals surface area contributed by atoms with Crippen molar-refractivity contribution in [1.29, 1.82) is 5.26 Å². The van der Waals surface area contributed by atoms with E-state index < -0.39 is 0 Å². The van der Waals surface area contributed by atoms with Gasteiger partial charge in [0.2, 0.25) is 5.91 Å². The zero-order chi connectivity index (χ0) is 13.1. The third kappa shape index (κ3) is 2.48. The summed E-state index contributed by atoms with van der Waals surface area (Å²) in [5.74, 6) is -0.290. The van der Waals surface area contributed by atoms with Crippen molar-refractivity contribution in [2.45, 2.75) is 25.8 Å². The lowest BCUT2D eigenvalue weighted by Crippen LogP contribution is -2.32. The summed E-state index contributed by atoms with van der Waals surface area (Å²) in [5, 5.41) is 14.0. The van der Waals surface area contributed by atoms with Gasteiger partial charge >= 0.3 is 0 Å². The molecule has 5 nitrogen and oxygen atoms in total. The van der Waals surface area contributed by atoms with Gasteiger partial charge in [-0.05, 0) is 24.6 Å². The van der Waals surface area contributed by atoms with E-state index in [0.29, 0.717) is 17.7 Å². The van der Waals surface area contributed by atoms with Crippen LogP contribution in [0.15, 0.2) is 18.2 Å². The van der Waals surface area contributed by atoms with Crippen LogP contribution in [0.1, 0.15) is 29.3 Å². The molecule has 0 saturated carbocycles. The van der Waals surface area contributed by atoms with E-state index in [1.165, 1.54) is 0 Å². The van der Waals surface area contributed by atoms with Gasteiger partial charge in [0.1, 0.15) is 0 Å². The molecule has 1 aliphatic rings. The number of fused-ring (bicyclic) bond motifs is 1. The predicted octanol–water partition coefficient (Wildman–Crippen LogP) is 1.21. The van der Waals surface area contributed by atoms with Gasteiger partial charge in [-0.15, -0.1) is 0 Å². The summed E-state index contributed by atoms with van der Waals surface area (Å²) in [7, 11) is 0. The number of benzene rings is 1. The number of rotatable bonds is 3. The SMILES string of the molecule is CC(CC#N)NC(=O)c1ccc2c(c1)NC(=O)C2. The third-order valence-corrected chi connectivity index (χ3v) is 2.77. The van der Waals surface area contributed by atoms with Gasteiger partial charge in [-0.25, -0.2) is 0 Å². The predicted molar refractivity (Wildman–Crippen MR) is 65.9 cm³/mol. The zero-order valence-corrected chi connectivity index (χ0v) is 9.99. The smallest absolute Gasteiger partial charge is 0.251 e. The van der Waals surface area contributed by atoms with Gasteiger partial charge in [-0.3, -0.25) is 9.59 Å². The highest BCUT2D eigenvalue weighted by molar-refractivity contribution is 6.02. The van der Waals surface area contributed by atoms with E-state index in [9.17, 15) is 9.59 Å². The first-order valence-electron chi connectivity index (χ1n) is 5.70. The van der Waals surface area contributed by atoms with Crippen LogP contribution in [0.25, 0.3) is 0 Å². The molecule has 5 heteroatoms. The monoisotopic (exact) mass is 243 g/mol. The minimum Gasteiger partial charge on any atom is -0.349 e. The van der Waals surface area contributed by atoms with E-state index in [1.54, 1.807) is 25.1 Å². The number of nitriles is 1. The van der Waals surface area contributed by atoms with Crippen LogP contribution < -0.4 is 10.6 Å². The second kappa shape index (κ2) is 4.88. The minimum atomic E-state index is -0.235. The van der Waals surface area contributed by atoms with E-state index >= 15 is 0 Å². The normalized spacial score (nSPS) is 14.3. The van der Waals surface area contributed by atoms with Crippen LogP contribution in [-0.2, 0) is 11.2 Å². The summed E-state index contributed by atoms with van der Waals surface area (Å²) in [4.78, 5) is 23.1. The molecule has 1 atom stereocenters. The van der Waals surface area contributed by atoms with E-state index in [0.717, 1.165) is 5.56 Å². The van der Waals surface area contributed by atoms with Crippen molar-refractivity contribution in [3.05, 3.63) is 29.3 Å². The molecule has 2 rings (SSSR count). The topological polar surface area (TPSA) is 82.0 Å². The number of hydrogen-bond acceptors (Lipinski definition) is 3. The second-order valence-electron chi connectivity index (χ2n) is 4.33. The van der Waals surface area contributed by atoms with Gasteiger partial charge < -0.3 is 10.6 Å². The molecule has 1 aromatic carbocycles. The van der Waals surface area contributed by atoms with Crippen LogP contribution in [0.2, 0.25) is 0 Å². The molecule has 0 fully saturated rings. The largest absolute Gasteiger partial charge is 0.349 e. The molecule has 2 N–H and O–H groups in total. The summed E-state index contributed by atoms with van der Waals surface area (Å²) in [5.41, 5.74) is 2.09. The van der Waals surface area contributed by atoms with Crippen LogP contribution in [-0.4, -0.2) is 17.9 Å². The summed E-state index contributed by atoms with van der Waals surface area (Å²) in [6.45, 7) is 1.77. The number of carbonyl (C=O) groups is 2. The first kappa shape index (κ1) is 12.1. The van der Waals surface area contributed by atoms with Gasteiger partial charge in [0.15, 0.2) is 0 Å². The summed E-state index contributed by atoms with van der Waals surface area (Å²) in [6, 6.07) is 6.93. The van der Waals surface area contributed by atoms with Gasteiger partial charge in [0, 0.05) is 17.3 Å². The maximum absolute atomic E-state index is 11.9. The van der Waals surface area contributed by atoms with E-state index in [-0.39, 0.29) is 24.3 Å². The Balaban J connectivity index is 2.11. The molecule has 0 aliphatic carbocycles. The number of amides is 2. The molecular formula is C13H13N3O2. The Bertz CT molecular complexity index is 546. The quantitative estimate of drug-likeness (QED) is 0.837. The van der Waals surface area contributed by atoms with Crippen LogP contribution >= 0.6 is 0 Å². The van der Waals surface area contributed by atoms with Crippen molar-refractivity contribution < 1.29 is 9.59 Å². The second-order valence-corrected chi connectivity index (χ2v) is 4.33. The highest BCUT2D eigenvalue weighted by atomic mass is 16.2. The Hall–Kier alpha value is -2.35. The maximum Gasteiger partial charge on any atom is 0.251 e. The first-order valence-corrected chi connectivity index (χ1v) is 5.70. The van der Waals surface area contributed by atoms with Crippen molar-refractivity contribution >= 4 is 17.5 Å². The average molecular weight is 243 g/mol. The van der Waals surface area contributed by atoms with E-state index in [2.05, 4.69) is 10.6 Å². The Labute approximate surface area is 105 Å². The molecule has 1 unspecified atom stereocenters. The van der Waals surface area contributed by atoms with Gasteiger partial charge in [0.05, 0.1) is 18.9 Å². The highest BCUT2D eigenvalue weighted by Gasteiger charge is 2.19. The molecule has 0 saturated heterocycles. The Kier molecular flexibility index (Phi) is 3.28. The van der Waals surface area contributed by atoms with Crippen molar-refractivity contribution in [1.82, 2.24) is 5.32 Å². The van der Waals surface area contributed by atoms with E-state index in [1.807, 2.05) is 6.07 Å². The molecule has 18 heavy (non-hydrogen) atoms. The molecule has 92 valence electrons. The van der Waals surface area contributed by atoms with Gasteiger partial charge in [-0.2, -0.15) is 5.26 Å². The van der Waals surface area contributed by atoms with Crippen molar-refractivity contribution in [2.75, 3.05) is 5.32 Å². The minimum absolute atomic E-state index is 0.0552. The maximum atomic E-state index is 11.9. The van der Waals surface area contributed by atoms with Gasteiger partial charge in [0.25, 0.3) is 5.91 Å². The fraction of sp³-hybridized carbons (Fsp3) is 0.308. The molecule has 2 amide bonds. The molecule has 0 radical (unpaired) electrons. The molecular weight excluding hydrogens is 230 g/mol. The molecule has 1 heterocycles. The fourth-order valence-electron chi connectivity index (χ4n) is 1.85. The van der Waals surface area contributed by atoms with Crippen LogP contribution in [0.3, 0.4) is 0 Å². The average Bonchev–Trinajstić information content (AvgIpc) is 2.68. The van der Waals surface area contributed by atoms with Crippen LogP contribution in [0.5, 0.6) is 0 Å². The van der Waals surface area contributed by atoms with Crippen molar-refractivity contribution in [2.24, 2.45) is 0 Å². The number of hydrogen-bond donors (Lipinski definition) is 2. The molecule has 0 aromatic heterocycles. The lowest BCUT2D eigenvalue weighted by Gasteiger charge is -2.10. The van der Waals surface area contributed by atoms with Crippen molar-refractivity contribution in [3.8, 4) is 6.07 Å². The van der Waals surface area contributed by atoms with Crippen molar-refractivity contribution in [3.63, 3.8) is 0 Å². The Morgan fingerprint density at radius 3 is 3.11 bits per heavy atom. The lowest BCUT2D eigenvalue weighted by atomic mass is 10.1. The van der Waals surface area contributed by atoms with E-state index in [4.69, 9.17) is 5.26 Å². The summed E-state index contributed by atoms with van der Waals surface area (Å²) in [6.07, 6.45) is 0.634. The molecule has 0 spiro atoms. The molecule has 0 bridgehead atoms. The summed E-state index contributed by atoms with van der Waals surface area (Å²) < 4.78 is 0. The number of carbonyl (C=O) groups excluding carboxylic acids is 2. The lowest BCUT2D eigenvalue weighted by molar-refractivity contribution is -0.115. The number of anilines is 1. The third-order valence-electron chi connectivity index (χ3n) is 2.77. The first-order chi connectivity index (χ1) is 8.60. The number of nitrogens with zero attached hydrogens (tertiary/aromatic N) is 1. The Morgan fingerprint density at radius 2 is 2.39 bits per heavy atom. The Morgan fingerprint density at radius 1 is 1.61 bits per heavy atom. The highest BCUT2D eigenvalue weighted by Crippen LogP contribution is 2.23. The standard InChI is InChI=1S/C13H13N3O2/c1-8(4-5-14)15-13(18)10-3-2-9-7-12(17)16-11(9)6-10/h2-3,6,8H,4,7H2,1H3,(H,15,18)(H,16,17). The zero-order valence-electron chi connectivity index (χ0n) is 9.99. The molecule has 1 aromatic rings. The summed E-state index contributed by atoms with van der Waals surface area (Å²) >= 11 is 0.